The maximum absolute atomic E-state index is 13.1. The van der Waals surface area contributed by atoms with Crippen LogP contribution in [0, 0.1) is 12.7 Å². The van der Waals surface area contributed by atoms with Crippen LogP contribution < -0.4 is 10.0 Å². The fraction of sp³-hybridized carbons (Fsp3) is 0.130. The molecule has 0 fully saturated rings. The lowest BCUT2D eigenvalue weighted by Gasteiger charge is -2.12. The number of hydrogen-bond acceptors (Lipinski definition) is 5. The number of hydrogen-bond donors (Lipinski definition) is 2. The molecule has 32 heavy (non-hydrogen) atoms. The maximum atomic E-state index is 13.1. The molecule has 0 radical (unpaired) electrons. The first-order valence-electron chi connectivity index (χ1n) is 9.83. The number of anilines is 2. The van der Waals surface area contributed by atoms with Crippen molar-refractivity contribution in [3.8, 4) is 0 Å². The molecule has 9 heteroatoms. The summed E-state index contributed by atoms with van der Waals surface area (Å²) in [6.45, 7) is 1.65. The van der Waals surface area contributed by atoms with E-state index in [9.17, 15) is 17.6 Å². The van der Waals surface area contributed by atoms with E-state index in [2.05, 4.69) is 15.0 Å². The van der Waals surface area contributed by atoms with Crippen molar-refractivity contribution in [2.75, 3.05) is 10.0 Å². The number of halogens is 1. The number of carbonyl (C=O) groups excluding carboxylic acids is 1. The Kier molecular flexibility index (Phi) is 5.91. The molecule has 0 atom stereocenters. The summed E-state index contributed by atoms with van der Waals surface area (Å²) in [7, 11) is -3.93. The lowest BCUT2D eigenvalue weighted by Crippen LogP contribution is -2.16. The number of sulfonamides is 1. The molecular formula is C23H20FN3O4S. The van der Waals surface area contributed by atoms with Gasteiger partial charge in [-0.2, -0.15) is 0 Å². The Morgan fingerprint density at radius 3 is 2.50 bits per heavy atom. The van der Waals surface area contributed by atoms with Crippen LogP contribution in [0.2, 0.25) is 0 Å². The van der Waals surface area contributed by atoms with Gasteiger partial charge in [0.2, 0.25) is 5.91 Å². The summed E-state index contributed by atoms with van der Waals surface area (Å²) in [5.74, 6) is -0.311. The first-order chi connectivity index (χ1) is 15.3. The Hall–Kier alpha value is -3.72. The summed E-state index contributed by atoms with van der Waals surface area (Å²) < 4.78 is 46.7. The number of nitrogens with zero attached hydrogens (tertiary/aromatic N) is 1. The first kappa shape index (κ1) is 21.5. The van der Waals surface area contributed by atoms with Gasteiger partial charge in [0, 0.05) is 24.2 Å². The minimum atomic E-state index is -3.93. The molecule has 0 aliphatic rings. The van der Waals surface area contributed by atoms with Crippen molar-refractivity contribution in [2.45, 2.75) is 24.7 Å². The predicted octanol–water partition coefficient (Wildman–Crippen LogP) is 4.65. The van der Waals surface area contributed by atoms with Gasteiger partial charge in [0.15, 0.2) is 11.5 Å². The fourth-order valence-electron chi connectivity index (χ4n) is 3.17. The zero-order chi connectivity index (χ0) is 22.7. The van der Waals surface area contributed by atoms with E-state index >= 15 is 0 Å². The summed E-state index contributed by atoms with van der Waals surface area (Å²) in [6, 6.07) is 17.0. The number of benzene rings is 3. The van der Waals surface area contributed by atoms with E-state index < -0.39 is 15.8 Å². The highest BCUT2D eigenvalue weighted by Crippen LogP contribution is 2.23. The average Bonchev–Trinajstić information content (AvgIpc) is 3.18. The van der Waals surface area contributed by atoms with Gasteiger partial charge in [-0.05, 0) is 61.0 Å². The molecule has 2 N–H and O–H groups in total. The number of amides is 1. The van der Waals surface area contributed by atoms with Crippen molar-refractivity contribution < 1.29 is 22.0 Å². The number of para-hydroxylation sites is 2. The van der Waals surface area contributed by atoms with Gasteiger partial charge in [-0.3, -0.25) is 9.52 Å². The summed E-state index contributed by atoms with van der Waals surface area (Å²) >= 11 is 0. The Labute approximate surface area is 184 Å². The van der Waals surface area contributed by atoms with E-state index in [1.807, 2.05) is 18.2 Å². The van der Waals surface area contributed by atoms with Crippen molar-refractivity contribution in [1.82, 2.24) is 4.98 Å². The predicted molar refractivity (Wildman–Crippen MR) is 119 cm³/mol. The highest BCUT2D eigenvalue weighted by molar-refractivity contribution is 7.92. The van der Waals surface area contributed by atoms with E-state index in [4.69, 9.17) is 4.42 Å². The van der Waals surface area contributed by atoms with Gasteiger partial charge in [-0.1, -0.05) is 18.2 Å². The van der Waals surface area contributed by atoms with Gasteiger partial charge < -0.3 is 9.73 Å². The van der Waals surface area contributed by atoms with E-state index in [1.54, 1.807) is 25.1 Å². The number of carbonyl (C=O) groups is 1. The maximum Gasteiger partial charge on any atom is 0.262 e. The second-order valence-electron chi connectivity index (χ2n) is 7.22. The number of fused-ring (bicyclic) bond motifs is 1. The minimum Gasteiger partial charge on any atom is -0.441 e. The molecule has 0 unspecified atom stereocenters. The summed E-state index contributed by atoms with van der Waals surface area (Å²) in [4.78, 5) is 16.7. The van der Waals surface area contributed by atoms with E-state index in [0.29, 0.717) is 29.1 Å². The molecule has 0 spiro atoms. The number of nitrogens with one attached hydrogen (secondary N) is 2. The SMILES string of the molecule is Cc1ccc(NC(=O)CCc2nc3ccccc3o2)cc1S(=O)(=O)Nc1ccc(F)cc1. The Bertz CT molecular complexity index is 1350. The summed E-state index contributed by atoms with van der Waals surface area (Å²) in [5, 5.41) is 2.71. The van der Waals surface area contributed by atoms with Crippen LogP contribution in [0.5, 0.6) is 0 Å². The molecule has 0 bridgehead atoms. The third kappa shape index (κ3) is 4.94. The van der Waals surface area contributed by atoms with Crippen molar-refractivity contribution in [1.29, 1.82) is 0 Å². The van der Waals surface area contributed by atoms with Gasteiger partial charge in [0.05, 0.1) is 4.90 Å². The van der Waals surface area contributed by atoms with Crippen LogP contribution in [0.4, 0.5) is 15.8 Å². The van der Waals surface area contributed by atoms with E-state index in [0.717, 1.165) is 17.6 Å². The van der Waals surface area contributed by atoms with E-state index in [1.165, 1.54) is 18.2 Å². The molecule has 4 aromatic rings. The van der Waals surface area contributed by atoms with Crippen LogP contribution in [-0.2, 0) is 21.2 Å². The molecule has 3 aromatic carbocycles. The summed E-state index contributed by atoms with van der Waals surface area (Å²) in [5.41, 5.74) is 2.47. The first-order valence-corrected chi connectivity index (χ1v) is 11.3. The smallest absolute Gasteiger partial charge is 0.262 e. The molecule has 0 aliphatic carbocycles. The topological polar surface area (TPSA) is 101 Å². The third-order valence-electron chi connectivity index (χ3n) is 4.76. The van der Waals surface area contributed by atoms with Crippen LogP contribution in [0.3, 0.4) is 0 Å². The van der Waals surface area contributed by atoms with Crippen LogP contribution in [0.1, 0.15) is 17.9 Å². The van der Waals surface area contributed by atoms with Crippen molar-refractivity contribution in [2.24, 2.45) is 0 Å². The minimum absolute atomic E-state index is 0.0126. The number of aromatic nitrogens is 1. The standard InChI is InChI=1S/C23H20FN3O4S/c1-15-6-9-18(14-21(15)32(29,30)27-17-10-7-16(24)8-11-17)25-22(28)12-13-23-26-19-4-2-3-5-20(19)31-23/h2-11,14,27H,12-13H2,1H3,(H,25,28). The normalized spacial score (nSPS) is 11.4. The third-order valence-corrected chi connectivity index (χ3v) is 6.29. The van der Waals surface area contributed by atoms with Crippen molar-refractivity contribution in [3.05, 3.63) is 84.0 Å². The second kappa shape index (κ2) is 8.80. The Morgan fingerprint density at radius 2 is 1.75 bits per heavy atom. The van der Waals surface area contributed by atoms with Gasteiger partial charge in [-0.15, -0.1) is 0 Å². The molecule has 7 nitrogen and oxygen atoms in total. The molecular weight excluding hydrogens is 433 g/mol. The molecule has 1 aromatic heterocycles. The second-order valence-corrected chi connectivity index (χ2v) is 8.87. The molecule has 0 saturated heterocycles. The fourth-order valence-corrected chi connectivity index (χ4v) is 4.50. The van der Waals surface area contributed by atoms with Crippen LogP contribution in [-0.4, -0.2) is 19.3 Å². The van der Waals surface area contributed by atoms with E-state index in [-0.39, 0.29) is 22.9 Å². The van der Waals surface area contributed by atoms with Crippen LogP contribution in [0.15, 0.2) is 76.0 Å². The molecule has 1 heterocycles. The van der Waals surface area contributed by atoms with Gasteiger partial charge in [0.25, 0.3) is 10.0 Å². The Morgan fingerprint density at radius 1 is 1.03 bits per heavy atom. The number of rotatable bonds is 7. The average molecular weight is 453 g/mol. The van der Waals surface area contributed by atoms with Crippen molar-refractivity contribution in [3.63, 3.8) is 0 Å². The van der Waals surface area contributed by atoms with Crippen LogP contribution >= 0.6 is 0 Å². The zero-order valence-corrected chi connectivity index (χ0v) is 17.9. The van der Waals surface area contributed by atoms with Gasteiger partial charge in [-0.25, -0.2) is 17.8 Å². The molecule has 0 aliphatic heterocycles. The van der Waals surface area contributed by atoms with Crippen molar-refractivity contribution >= 4 is 38.4 Å². The monoisotopic (exact) mass is 453 g/mol. The largest absolute Gasteiger partial charge is 0.441 e. The molecule has 164 valence electrons. The molecule has 4 rings (SSSR count). The molecule has 0 saturated carbocycles. The summed E-state index contributed by atoms with van der Waals surface area (Å²) in [6.07, 6.45) is 0.431. The quantitative estimate of drug-likeness (QED) is 0.424. The lowest BCUT2D eigenvalue weighted by molar-refractivity contribution is -0.116. The lowest BCUT2D eigenvalue weighted by atomic mass is 10.2. The number of oxazole rings is 1. The van der Waals surface area contributed by atoms with Crippen LogP contribution in [0.25, 0.3) is 11.1 Å². The van der Waals surface area contributed by atoms with Gasteiger partial charge in [0.1, 0.15) is 11.3 Å². The van der Waals surface area contributed by atoms with Gasteiger partial charge >= 0.3 is 0 Å². The Balaban J connectivity index is 1.44. The highest BCUT2D eigenvalue weighted by Gasteiger charge is 2.18. The molecule has 1 amide bonds. The number of aryl methyl sites for hydroxylation is 2. The zero-order valence-electron chi connectivity index (χ0n) is 17.1. The highest BCUT2D eigenvalue weighted by atomic mass is 32.2.